The molecule has 3 aromatic heterocycles. The lowest BCUT2D eigenvalue weighted by Gasteiger charge is -2.20. The molecule has 0 radical (unpaired) electrons. The number of aromatic nitrogens is 5. The third kappa shape index (κ3) is 4.91. The van der Waals surface area contributed by atoms with Crippen LogP contribution in [0.2, 0.25) is 0 Å². The van der Waals surface area contributed by atoms with Crippen LogP contribution in [0.3, 0.4) is 0 Å². The summed E-state index contributed by atoms with van der Waals surface area (Å²) in [4.78, 5) is 11.2. The number of aromatic amines is 1. The van der Waals surface area contributed by atoms with Crippen LogP contribution in [0.5, 0.6) is 0 Å². The van der Waals surface area contributed by atoms with E-state index in [0.717, 1.165) is 12.1 Å². The average Bonchev–Trinajstić information content (AvgIpc) is 3.38. The predicted molar refractivity (Wildman–Crippen MR) is 136 cm³/mol. The first kappa shape index (κ1) is 25.3. The van der Waals surface area contributed by atoms with Gasteiger partial charge in [0, 0.05) is 18.0 Å². The van der Waals surface area contributed by atoms with Crippen LogP contribution in [-0.4, -0.2) is 36.4 Å². The molecular weight excluding hydrogens is 529 g/mol. The van der Waals surface area contributed by atoms with Crippen molar-refractivity contribution >= 4 is 6.21 Å². The van der Waals surface area contributed by atoms with E-state index in [2.05, 4.69) is 30.3 Å². The van der Waals surface area contributed by atoms with Crippen molar-refractivity contribution in [3.05, 3.63) is 107 Å². The number of nitrogens with one attached hydrogen (secondary N) is 1. The molecule has 1 aliphatic heterocycles. The number of rotatable bonds is 5. The van der Waals surface area contributed by atoms with E-state index in [1.807, 2.05) is 0 Å². The zero-order valence-corrected chi connectivity index (χ0v) is 20.5. The Hall–Kier alpha value is -5.00. The molecule has 0 saturated heterocycles. The molecule has 2 aromatic carbocycles. The van der Waals surface area contributed by atoms with Crippen LogP contribution in [0.4, 0.5) is 22.0 Å². The Morgan fingerprint density at radius 1 is 0.875 bits per heavy atom. The predicted octanol–water partition coefficient (Wildman–Crippen LogP) is 6.24. The number of hydrogen-bond donors (Lipinski definition) is 1. The highest BCUT2D eigenvalue weighted by Crippen LogP contribution is 2.39. The molecule has 12 heteroatoms. The average molecular weight is 547 g/mol. The van der Waals surface area contributed by atoms with Gasteiger partial charge in [0.25, 0.3) is 0 Å². The van der Waals surface area contributed by atoms with Gasteiger partial charge in [0.1, 0.15) is 5.82 Å². The highest BCUT2D eigenvalue weighted by molar-refractivity contribution is 5.81. The number of nitrogens with zero attached hydrogens (tertiary/aromatic N) is 6. The van der Waals surface area contributed by atoms with Gasteiger partial charge in [0.2, 0.25) is 0 Å². The molecule has 0 bridgehead atoms. The van der Waals surface area contributed by atoms with Crippen LogP contribution < -0.4 is 0 Å². The van der Waals surface area contributed by atoms with Gasteiger partial charge in [-0.25, -0.2) is 13.8 Å². The minimum Gasteiger partial charge on any atom is -0.337 e. The zero-order valence-electron chi connectivity index (χ0n) is 20.5. The molecule has 0 aliphatic carbocycles. The summed E-state index contributed by atoms with van der Waals surface area (Å²) in [5, 5.41) is 14.1. The Kier molecular flexibility index (Phi) is 6.29. The van der Waals surface area contributed by atoms with Gasteiger partial charge in [-0.15, -0.1) is 0 Å². The molecule has 0 amide bonds. The second-order valence-electron chi connectivity index (χ2n) is 9.02. The molecule has 4 heterocycles. The normalized spacial score (nSPS) is 13.0. The number of hydrazone groups is 1. The van der Waals surface area contributed by atoms with Crippen molar-refractivity contribution in [3.8, 4) is 33.8 Å². The Bertz CT molecular complexity index is 1710. The maximum Gasteiger partial charge on any atom is 0.417 e. The number of imidazole rings is 1. The SMILES string of the molecule is Fc1cccc(-c2nc3c([nH]2)C=NN(Cc2ccc(-c4ccc(-c5ccncc5)cc4C(F)(F)F)nn2)C3)c1F. The highest BCUT2D eigenvalue weighted by atomic mass is 19.4. The van der Waals surface area contributed by atoms with Gasteiger partial charge in [-0.3, -0.25) is 9.99 Å². The molecule has 1 N–H and O–H groups in total. The summed E-state index contributed by atoms with van der Waals surface area (Å²) < 4.78 is 69.7. The topological polar surface area (TPSA) is 83.0 Å². The number of halogens is 5. The largest absolute Gasteiger partial charge is 0.417 e. The fourth-order valence-corrected chi connectivity index (χ4v) is 4.42. The Labute approximate surface area is 224 Å². The van der Waals surface area contributed by atoms with Crippen molar-refractivity contribution in [3.63, 3.8) is 0 Å². The molecule has 0 spiro atoms. The van der Waals surface area contributed by atoms with Crippen molar-refractivity contribution in [1.29, 1.82) is 0 Å². The maximum atomic E-state index is 14.2. The van der Waals surface area contributed by atoms with Crippen LogP contribution >= 0.6 is 0 Å². The van der Waals surface area contributed by atoms with Gasteiger partial charge in [-0.1, -0.05) is 18.2 Å². The number of pyridine rings is 1. The van der Waals surface area contributed by atoms with Gasteiger partial charge in [0.15, 0.2) is 11.6 Å². The van der Waals surface area contributed by atoms with E-state index in [4.69, 9.17) is 0 Å². The molecule has 6 rings (SSSR count). The number of alkyl halides is 3. The lowest BCUT2D eigenvalue weighted by Crippen LogP contribution is -2.22. The van der Waals surface area contributed by atoms with Gasteiger partial charge >= 0.3 is 6.18 Å². The smallest absolute Gasteiger partial charge is 0.337 e. The van der Waals surface area contributed by atoms with Crippen molar-refractivity contribution in [1.82, 2.24) is 30.2 Å². The summed E-state index contributed by atoms with van der Waals surface area (Å²) in [6.07, 6.45) is -0.0592. The fraction of sp³-hybridized carbons (Fsp3) is 0.107. The van der Waals surface area contributed by atoms with Gasteiger partial charge in [-0.05, 0) is 53.6 Å². The van der Waals surface area contributed by atoms with Gasteiger partial charge in [-0.2, -0.15) is 28.5 Å². The van der Waals surface area contributed by atoms with Crippen molar-refractivity contribution in [2.24, 2.45) is 5.10 Å². The molecule has 0 unspecified atom stereocenters. The first-order valence-corrected chi connectivity index (χ1v) is 12.0. The van der Waals surface area contributed by atoms with E-state index in [1.54, 1.807) is 29.3 Å². The van der Waals surface area contributed by atoms with E-state index >= 15 is 0 Å². The minimum atomic E-state index is -4.60. The number of hydrogen-bond acceptors (Lipinski definition) is 6. The molecular formula is C28H18F5N7. The Morgan fingerprint density at radius 3 is 2.45 bits per heavy atom. The third-order valence-electron chi connectivity index (χ3n) is 6.38. The van der Waals surface area contributed by atoms with Crippen molar-refractivity contribution < 1.29 is 22.0 Å². The molecule has 7 nitrogen and oxygen atoms in total. The molecule has 1 aliphatic rings. The first-order valence-electron chi connectivity index (χ1n) is 12.0. The molecule has 0 fully saturated rings. The van der Waals surface area contributed by atoms with Gasteiger partial charge in [0.05, 0.1) is 53.2 Å². The number of benzene rings is 2. The first-order chi connectivity index (χ1) is 19.3. The minimum absolute atomic E-state index is 0.00263. The molecule has 5 aromatic rings. The van der Waals surface area contributed by atoms with Crippen molar-refractivity contribution in [2.75, 3.05) is 0 Å². The van der Waals surface area contributed by atoms with Crippen molar-refractivity contribution in [2.45, 2.75) is 19.3 Å². The Balaban J connectivity index is 1.20. The summed E-state index contributed by atoms with van der Waals surface area (Å²) >= 11 is 0. The third-order valence-corrected chi connectivity index (χ3v) is 6.38. The number of H-pyrrole nitrogens is 1. The summed E-state index contributed by atoms with van der Waals surface area (Å²) in [5.41, 5.74) is 1.81. The standard InChI is InChI=1S/C28H18F5N7/c29-22-3-1-2-20(26(22)30)27-36-24-13-35-40(15-25(24)37-27)14-18-5-7-23(39-38-18)19-6-4-17(12-21(19)28(31,32)33)16-8-10-34-11-9-16/h1-13H,14-15H2,(H,36,37). The van der Waals surface area contributed by atoms with Crippen LogP contribution in [0.1, 0.15) is 22.6 Å². The second kappa shape index (κ2) is 9.95. The second-order valence-corrected chi connectivity index (χ2v) is 9.02. The van der Waals surface area contributed by atoms with E-state index in [-0.39, 0.29) is 35.7 Å². The summed E-state index contributed by atoms with van der Waals surface area (Å²) in [7, 11) is 0. The summed E-state index contributed by atoms with van der Waals surface area (Å²) in [5.74, 6) is -1.80. The van der Waals surface area contributed by atoms with E-state index < -0.39 is 23.4 Å². The summed E-state index contributed by atoms with van der Waals surface area (Å²) in [6, 6.07) is 14.3. The van der Waals surface area contributed by atoms with Crippen LogP contribution in [0.15, 0.2) is 78.2 Å². The quantitative estimate of drug-likeness (QED) is 0.263. The Morgan fingerprint density at radius 2 is 1.70 bits per heavy atom. The number of fused-ring (bicyclic) bond motifs is 1. The molecule has 40 heavy (non-hydrogen) atoms. The van der Waals surface area contributed by atoms with E-state index in [0.29, 0.717) is 28.2 Å². The lowest BCUT2D eigenvalue weighted by atomic mass is 9.97. The monoisotopic (exact) mass is 547 g/mol. The van der Waals surface area contributed by atoms with Crippen LogP contribution in [0.25, 0.3) is 33.8 Å². The zero-order chi connectivity index (χ0) is 27.9. The van der Waals surface area contributed by atoms with Crippen LogP contribution in [0, 0.1) is 11.6 Å². The summed E-state index contributed by atoms with van der Waals surface area (Å²) in [6.45, 7) is 0.449. The lowest BCUT2D eigenvalue weighted by molar-refractivity contribution is -0.137. The van der Waals surface area contributed by atoms with E-state index in [1.165, 1.54) is 42.9 Å². The molecule has 200 valence electrons. The fourth-order valence-electron chi connectivity index (χ4n) is 4.42. The maximum absolute atomic E-state index is 14.2. The molecule has 0 atom stereocenters. The van der Waals surface area contributed by atoms with E-state index in [9.17, 15) is 22.0 Å². The highest BCUT2D eigenvalue weighted by Gasteiger charge is 2.34. The van der Waals surface area contributed by atoms with Gasteiger partial charge < -0.3 is 4.98 Å². The molecule has 0 saturated carbocycles. The van der Waals surface area contributed by atoms with Crippen LogP contribution in [-0.2, 0) is 19.3 Å².